The highest BCUT2D eigenvalue weighted by Crippen LogP contribution is 2.20. The number of hydrogen-bond donors (Lipinski definition) is 0. The summed E-state index contributed by atoms with van der Waals surface area (Å²) >= 11 is 0. The van der Waals surface area contributed by atoms with Gasteiger partial charge in [-0.1, -0.05) is 43.7 Å². The van der Waals surface area contributed by atoms with Gasteiger partial charge in [0.2, 0.25) is 0 Å². The van der Waals surface area contributed by atoms with Crippen LogP contribution >= 0.6 is 7.80 Å². The van der Waals surface area contributed by atoms with Crippen molar-refractivity contribution >= 4 is 13.1 Å². The van der Waals surface area contributed by atoms with Gasteiger partial charge in [-0.05, 0) is 6.42 Å². The molecule has 1 atom stereocenters. The van der Waals surface area contributed by atoms with E-state index in [0.717, 1.165) is 24.3 Å². The molecule has 0 aliphatic rings. The maximum Gasteiger partial charge on any atom is 0.104 e. The van der Waals surface area contributed by atoms with Crippen molar-refractivity contribution in [2.24, 2.45) is 0 Å². The maximum absolute atomic E-state index is 11.6. The van der Waals surface area contributed by atoms with E-state index < -0.39 is 7.80 Å². The normalized spacial score (nSPS) is 12.8. The van der Waals surface area contributed by atoms with Crippen LogP contribution in [0.1, 0.15) is 19.8 Å². The first-order valence-corrected chi connectivity index (χ1v) is 6.04. The summed E-state index contributed by atoms with van der Waals surface area (Å²) in [4.78, 5) is 0. The van der Waals surface area contributed by atoms with E-state index in [1.807, 2.05) is 30.3 Å². The van der Waals surface area contributed by atoms with Crippen molar-refractivity contribution in [2.45, 2.75) is 19.8 Å². The standard InChI is InChI=1S/C10H15OP/c1-2-3-9-12(11)10-7-5-4-6-8-10/h4-8,12H,2-3,9H2,1H3. The second kappa shape index (κ2) is 5.16. The Morgan fingerprint density at radius 1 is 1.25 bits per heavy atom. The van der Waals surface area contributed by atoms with Crippen LogP contribution in [0.15, 0.2) is 30.3 Å². The summed E-state index contributed by atoms with van der Waals surface area (Å²) in [5, 5.41) is 1.02. The summed E-state index contributed by atoms with van der Waals surface area (Å²) < 4.78 is 11.6. The zero-order chi connectivity index (χ0) is 8.81. The van der Waals surface area contributed by atoms with E-state index in [1.165, 1.54) is 0 Å². The maximum atomic E-state index is 11.6. The average molecular weight is 182 g/mol. The molecule has 0 N–H and O–H groups in total. The van der Waals surface area contributed by atoms with Crippen LogP contribution in [0.2, 0.25) is 0 Å². The van der Waals surface area contributed by atoms with Gasteiger partial charge in [-0.25, -0.2) is 0 Å². The largest absolute Gasteiger partial charge is 0.322 e. The lowest BCUT2D eigenvalue weighted by Gasteiger charge is -1.99. The van der Waals surface area contributed by atoms with Crippen LogP contribution in [0, 0.1) is 0 Å². The van der Waals surface area contributed by atoms with Gasteiger partial charge in [0.1, 0.15) is 7.80 Å². The van der Waals surface area contributed by atoms with Crippen LogP contribution in [0.5, 0.6) is 0 Å². The highest BCUT2D eigenvalue weighted by Gasteiger charge is 2.00. The zero-order valence-corrected chi connectivity index (χ0v) is 8.42. The van der Waals surface area contributed by atoms with E-state index >= 15 is 0 Å². The molecule has 1 aromatic rings. The summed E-state index contributed by atoms with van der Waals surface area (Å²) in [6, 6.07) is 9.76. The molecule has 1 rings (SSSR count). The van der Waals surface area contributed by atoms with Gasteiger partial charge in [0, 0.05) is 11.5 Å². The molecule has 66 valence electrons. The Hall–Kier alpha value is -0.550. The van der Waals surface area contributed by atoms with Gasteiger partial charge in [0.25, 0.3) is 0 Å². The Labute approximate surface area is 74.6 Å². The molecule has 0 aromatic heterocycles. The minimum atomic E-state index is -1.48. The van der Waals surface area contributed by atoms with Crippen LogP contribution in [-0.2, 0) is 4.57 Å². The molecule has 0 spiro atoms. The lowest BCUT2D eigenvalue weighted by atomic mass is 10.4. The highest BCUT2D eigenvalue weighted by molar-refractivity contribution is 7.53. The van der Waals surface area contributed by atoms with E-state index in [2.05, 4.69) is 6.92 Å². The number of hydrogen-bond acceptors (Lipinski definition) is 1. The Morgan fingerprint density at radius 3 is 2.50 bits per heavy atom. The van der Waals surface area contributed by atoms with E-state index in [1.54, 1.807) is 0 Å². The Bertz CT molecular complexity index is 243. The molecule has 0 radical (unpaired) electrons. The molecule has 0 aliphatic heterocycles. The second-order valence-electron chi connectivity index (χ2n) is 2.89. The molecule has 0 saturated heterocycles. The van der Waals surface area contributed by atoms with E-state index in [9.17, 15) is 4.57 Å². The summed E-state index contributed by atoms with van der Waals surface area (Å²) in [5.41, 5.74) is 0. The van der Waals surface area contributed by atoms with Crippen molar-refractivity contribution in [1.29, 1.82) is 0 Å². The molecule has 0 bridgehead atoms. The number of benzene rings is 1. The lowest BCUT2D eigenvalue weighted by Crippen LogP contribution is -1.96. The van der Waals surface area contributed by atoms with Crippen molar-refractivity contribution in [3.63, 3.8) is 0 Å². The molecule has 1 unspecified atom stereocenters. The molecular formula is C10H15OP. The molecule has 1 nitrogen and oxygen atoms in total. The van der Waals surface area contributed by atoms with Crippen LogP contribution in [0.25, 0.3) is 0 Å². The molecule has 12 heavy (non-hydrogen) atoms. The first-order valence-electron chi connectivity index (χ1n) is 4.43. The SMILES string of the molecule is CCCC[PH](=O)c1ccccc1. The molecule has 0 heterocycles. The molecule has 0 fully saturated rings. The Balaban J connectivity index is 2.54. The molecular weight excluding hydrogens is 167 g/mol. The monoisotopic (exact) mass is 182 g/mol. The Kier molecular flexibility index (Phi) is 4.10. The van der Waals surface area contributed by atoms with Crippen molar-refractivity contribution < 1.29 is 4.57 Å². The fourth-order valence-corrected chi connectivity index (χ4v) is 2.63. The second-order valence-corrected chi connectivity index (χ2v) is 4.82. The third kappa shape index (κ3) is 2.83. The topological polar surface area (TPSA) is 17.1 Å². The third-order valence-electron chi connectivity index (χ3n) is 1.85. The summed E-state index contributed by atoms with van der Waals surface area (Å²) in [6.45, 7) is 2.13. The van der Waals surface area contributed by atoms with Crippen molar-refractivity contribution in [1.82, 2.24) is 0 Å². The smallest absolute Gasteiger partial charge is 0.104 e. The Morgan fingerprint density at radius 2 is 1.92 bits per heavy atom. The fourth-order valence-electron chi connectivity index (χ4n) is 1.11. The average Bonchev–Trinajstić information content (AvgIpc) is 2.15. The van der Waals surface area contributed by atoms with Gasteiger partial charge in [0.15, 0.2) is 0 Å². The molecule has 0 amide bonds. The molecule has 0 aliphatic carbocycles. The van der Waals surface area contributed by atoms with E-state index in [0.29, 0.717) is 0 Å². The first-order chi connectivity index (χ1) is 5.84. The van der Waals surface area contributed by atoms with Crippen molar-refractivity contribution in [2.75, 3.05) is 6.16 Å². The summed E-state index contributed by atoms with van der Waals surface area (Å²) in [7, 11) is -1.48. The van der Waals surface area contributed by atoms with Crippen molar-refractivity contribution in [3.05, 3.63) is 30.3 Å². The minimum absolute atomic E-state index is 0.866. The van der Waals surface area contributed by atoms with E-state index in [-0.39, 0.29) is 0 Å². The van der Waals surface area contributed by atoms with Crippen LogP contribution < -0.4 is 5.30 Å². The fraction of sp³-hybridized carbons (Fsp3) is 0.400. The predicted molar refractivity (Wildman–Crippen MR) is 54.9 cm³/mol. The van der Waals surface area contributed by atoms with Gasteiger partial charge >= 0.3 is 0 Å². The van der Waals surface area contributed by atoms with Crippen LogP contribution in [0.3, 0.4) is 0 Å². The summed E-state index contributed by atoms with van der Waals surface area (Å²) in [6.07, 6.45) is 3.07. The lowest BCUT2D eigenvalue weighted by molar-refractivity contribution is 0.591. The van der Waals surface area contributed by atoms with Crippen LogP contribution in [-0.4, -0.2) is 6.16 Å². The molecule has 1 aromatic carbocycles. The minimum Gasteiger partial charge on any atom is -0.322 e. The quantitative estimate of drug-likeness (QED) is 0.654. The van der Waals surface area contributed by atoms with Gasteiger partial charge < -0.3 is 4.57 Å². The highest BCUT2D eigenvalue weighted by atomic mass is 31.1. The van der Waals surface area contributed by atoms with Crippen molar-refractivity contribution in [3.8, 4) is 0 Å². The van der Waals surface area contributed by atoms with Gasteiger partial charge in [-0.3, -0.25) is 0 Å². The van der Waals surface area contributed by atoms with Gasteiger partial charge in [-0.15, -0.1) is 0 Å². The number of unbranched alkanes of at least 4 members (excludes halogenated alkanes) is 1. The first kappa shape index (κ1) is 9.54. The predicted octanol–water partition coefficient (Wildman–Crippen LogP) is 2.67. The summed E-state index contributed by atoms with van der Waals surface area (Å²) in [5.74, 6) is 0. The third-order valence-corrected chi connectivity index (χ3v) is 3.64. The van der Waals surface area contributed by atoms with Gasteiger partial charge in [-0.2, -0.15) is 0 Å². The van der Waals surface area contributed by atoms with Gasteiger partial charge in [0.05, 0.1) is 0 Å². The molecule has 0 saturated carbocycles. The van der Waals surface area contributed by atoms with E-state index in [4.69, 9.17) is 0 Å². The number of rotatable bonds is 4. The van der Waals surface area contributed by atoms with Crippen LogP contribution in [0.4, 0.5) is 0 Å². The zero-order valence-electron chi connectivity index (χ0n) is 7.42. The molecule has 2 heteroatoms.